The maximum Gasteiger partial charge on any atom is 0.161 e. The summed E-state index contributed by atoms with van der Waals surface area (Å²) in [7, 11) is 5.50. The van der Waals surface area contributed by atoms with Gasteiger partial charge in [0.2, 0.25) is 0 Å². The number of aryl methyl sites for hydroxylation is 2. The van der Waals surface area contributed by atoms with Gasteiger partial charge in [0.25, 0.3) is 0 Å². The van der Waals surface area contributed by atoms with Crippen LogP contribution < -0.4 is 20.3 Å². The van der Waals surface area contributed by atoms with Gasteiger partial charge in [0.05, 0.1) is 23.0 Å². The number of anilines is 3. The van der Waals surface area contributed by atoms with Crippen LogP contribution in [0.2, 0.25) is 5.02 Å². The zero-order valence-corrected chi connectivity index (χ0v) is 19.7. The van der Waals surface area contributed by atoms with Gasteiger partial charge in [-0.3, -0.25) is 9.36 Å². The molecule has 3 heterocycles. The number of benzene rings is 2. The molecule has 1 saturated heterocycles. The molecule has 2 aromatic heterocycles. The minimum atomic E-state index is 0.425. The average Bonchev–Trinajstić information content (AvgIpc) is 3.25. The van der Waals surface area contributed by atoms with Crippen LogP contribution in [0, 0.1) is 0 Å². The molecule has 0 amide bonds. The van der Waals surface area contributed by atoms with Crippen molar-refractivity contribution >= 4 is 50.6 Å². The lowest BCUT2D eigenvalue weighted by Gasteiger charge is -2.37. The second-order valence-corrected chi connectivity index (χ2v) is 9.12. The molecule has 0 unspecified atom stereocenters. The number of methoxy groups -OCH3 is 1. The highest BCUT2D eigenvalue weighted by Crippen LogP contribution is 2.37. The normalized spacial score (nSPS) is 19.1. The van der Waals surface area contributed by atoms with E-state index in [2.05, 4.69) is 40.5 Å². The third kappa shape index (κ3) is 3.63. The lowest BCUT2D eigenvalue weighted by atomic mass is 10.1. The molecule has 168 valence electrons. The van der Waals surface area contributed by atoms with Crippen LogP contribution >= 0.6 is 11.6 Å². The third-order valence-electron chi connectivity index (χ3n) is 5.98. The van der Waals surface area contributed by atoms with Gasteiger partial charge in [0.15, 0.2) is 5.82 Å². The molecule has 1 fully saturated rings. The van der Waals surface area contributed by atoms with Crippen LogP contribution in [0.1, 0.15) is 13.8 Å². The van der Waals surface area contributed by atoms with Gasteiger partial charge in [0, 0.05) is 68.3 Å². The molecule has 0 aliphatic carbocycles. The number of piperazine rings is 1. The van der Waals surface area contributed by atoms with Crippen LogP contribution in [-0.2, 0) is 14.1 Å². The van der Waals surface area contributed by atoms with E-state index in [4.69, 9.17) is 21.4 Å². The van der Waals surface area contributed by atoms with Gasteiger partial charge >= 0.3 is 0 Å². The summed E-state index contributed by atoms with van der Waals surface area (Å²) in [4.78, 5) is 2.39. The first-order chi connectivity index (χ1) is 15.3. The molecule has 32 heavy (non-hydrogen) atoms. The molecule has 0 radical (unpaired) electrons. The van der Waals surface area contributed by atoms with E-state index in [0.717, 1.165) is 46.3 Å². The van der Waals surface area contributed by atoms with E-state index in [1.54, 1.807) is 11.8 Å². The van der Waals surface area contributed by atoms with Crippen molar-refractivity contribution in [3.63, 3.8) is 0 Å². The van der Waals surface area contributed by atoms with E-state index >= 15 is 0 Å². The van der Waals surface area contributed by atoms with Crippen molar-refractivity contribution in [3.8, 4) is 5.75 Å². The summed E-state index contributed by atoms with van der Waals surface area (Å²) < 4.78 is 9.22. The van der Waals surface area contributed by atoms with Crippen molar-refractivity contribution in [2.45, 2.75) is 25.9 Å². The van der Waals surface area contributed by atoms with E-state index in [-0.39, 0.29) is 0 Å². The highest BCUT2D eigenvalue weighted by atomic mass is 35.5. The number of hydrogen-bond donors (Lipinski definition) is 2. The van der Waals surface area contributed by atoms with Gasteiger partial charge in [-0.1, -0.05) is 11.6 Å². The van der Waals surface area contributed by atoms with E-state index < -0.39 is 0 Å². The molecule has 0 saturated carbocycles. The van der Waals surface area contributed by atoms with E-state index in [1.807, 2.05) is 43.2 Å². The Morgan fingerprint density at radius 3 is 2.56 bits per heavy atom. The number of ether oxygens (including phenoxy) is 1. The predicted octanol–water partition coefficient (Wildman–Crippen LogP) is 4.05. The Morgan fingerprint density at radius 2 is 1.84 bits per heavy atom. The first-order valence-corrected chi connectivity index (χ1v) is 11.2. The predicted molar refractivity (Wildman–Crippen MR) is 131 cm³/mol. The minimum Gasteiger partial charge on any atom is -0.494 e. The average molecular weight is 454 g/mol. The number of nitrogens with one attached hydrogen (secondary N) is 2. The molecular formula is C23H28ClN7O. The van der Waals surface area contributed by atoms with Crippen LogP contribution in [0.5, 0.6) is 5.75 Å². The molecule has 8 nitrogen and oxygen atoms in total. The maximum absolute atomic E-state index is 6.82. The molecule has 0 spiro atoms. The fourth-order valence-corrected chi connectivity index (χ4v) is 5.01. The van der Waals surface area contributed by atoms with Crippen molar-refractivity contribution in [1.82, 2.24) is 24.9 Å². The van der Waals surface area contributed by atoms with Crippen LogP contribution in [0.4, 0.5) is 17.2 Å². The largest absolute Gasteiger partial charge is 0.494 e. The quantitative estimate of drug-likeness (QED) is 0.485. The zero-order chi connectivity index (χ0) is 22.6. The summed E-state index contributed by atoms with van der Waals surface area (Å²) in [6.07, 6.45) is 1.97. The monoisotopic (exact) mass is 453 g/mol. The standard InChI is InChI=1S/C23H28ClN7O/c1-13-10-31(11-14(2)25-13)17-8-18(24)21-19(9-17)30(4)28-23(21)26-16-6-15-12-29(3)27-22(15)20(7-16)32-5/h6-9,12-14,25H,10-11H2,1-5H3,(H,26,28)/t13-,14+. The molecule has 2 atom stereocenters. The second-order valence-electron chi connectivity index (χ2n) is 8.71. The fraction of sp³-hybridized carbons (Fsp3) is 0.391. The van der Waals surface area contributed by atoms with Crippen LogP contribution in [0.25, 0.3) is 21.8 Å². The van der Waals surface area contributed by atoms with E-state index in [1.165, 1.54) is 0 Å². The molecule has 1 aliphatic heterocycles. The van der Waals surface area contributed by atoms with E-state index in [0.29, 0.717) is 28.7 Å². The SMILES string of the molecule is COc1cc(Nc2nn(C)c3cc(N4C[C@@H](C)N[C@@H](C)C4)cc(Cl)c23)cc2cn(C)nc12. The summed E-state index contributed by atoms with van der Waals surface area (Å²) in [6.45, 7) is 6.31. The molecular weight excluding hydrogens is 426 g/mol. The molecule has 0 bridgehead atoms. The second kappa shape index (κ2) is 7.86. The zero-order valence-electron chi connectivity index (χ0n) is 19.0. The number of rotatable bonds is 4. The lowest BCUT2D eigenvalue weighted by Crippen LogP contribution is -2.54. The highest BCUT2D eigenvalue weighted by molar-refractivity contribution is 6.37. The van der Waals surface area contributed by atoms with Crippen LogP contribution in [0.3, 0.4) is 0 Å². The van der Waals surface area contributed by atoms with Gasteiger partial charge in [-0.25, -0.2) is 0 Å². The maximum atomic E-state index is 6.82. The Bertz CT molecular complexity index is 1300. The molecule has 2 aromatic carbocycles. The Labute approximate surface area is 192 Å². The van der Waals surface area contributed by atoms with Gasteiger partial charge in [-0.15, -0.1) is 0 Å². The first kappa shape index (κ1) is 20.9. The van der Waals surface area contributed by atoms with Gasteiger partial charge in [-0.05, 0) is 32.0 Å². The Hall–Kier alpha value is -2.97. The van der Waals surface area contributed by atoms with Crippen molar-refractivity contribution < 1.29 is 4.74 Å². The number of hydrogen-bond acceptors (Lipinski definition) is 6. The summed E-state index contributed by atoms with van der Waals surface area (Å²) in [6, 6.07) is 9.05. The number of aromatic nitrogens is 4. The smallest absolute Gasteiger partial charge is 0.161 e. The number of fused-ring (bicyclic) bond motifs is 2. The summed E-state index contributed by atoms with van der Waals surface area (Å²) in [5.74, 6) is 1.42. The summed E-state index contributed by atoms with van der Waals surface area (Å²) in [5, 5.41) is 18.8. The summed E-state index contributed by atoms with van der Waals surface area (Å²) in [5.41, 5.74) is 3.81. The molecule has 5 rings (SSSR count). The topological polar surface area (TPSA) is 72.2 Å². The van der Waals surface area contributed by atoms with Gasteiger partial charge in [0.1, 0.15) is 11.3 Å². The lowest BCUT2D eigenvalue weighted by molar-refractivity contribution is 0.407. The molecule has 9 heteroatoms. The number of nitrogens with zero attached hydrogens (tertiary/aromatic N) is 5. The van der Waals surface area contributed by atoms with E-state index in [9.17, 15) is 0 Å². The Kier molecular flexibility index (Phi) is 5.14. The third-order valence-corrected chi connectivity index (χ3v) is 6.28. The Morgan fingerprint density at radius 1 is 1.09 bits per heavy atom. The van der Waals surface area contributed by atoms with Crippen LogP contribution in [0.15, 0.2) is 30.5 Å². The summed E-state index contributed by atoms with van der Waals surface area (Å²) >= 11 is 6.82. The highest BCUT2D eigenvalue weighted by Gasteiger charge is 2.23. The number of halogens is 1. The minimum absolute atomic E-state index is 0.425. The van der Waals surface area contributed by atoms with Crippen molar-refractivity contribution in [2.24, 2.45) is 14.1 Å². The molecule has 4 aromatic rings. The van der Waals surface area contributed by atoms with Gasteiger partial charge in [-0.2, -0.15) is 10.2 Å². The first-order valence-electron chi connectivity index (χ1n) is 10.8. The van der Waals surface area contributed by atoms with Crippen LogP contribution in [-0.4, -0.2) is 51.8 Å². The van der Waals surface area contributed by atoms with Crippen molar-refractivity contribution in [2.75, 3.05) is 30.4 Å². The van der Waals surface area contributed by atoms with Gasteiger partial charge < -0.3 is 20.3 Å². The molecule has 2 N–H and O–H groups in total. The van der Waals surface area contributed by atoms with Crippen molar-refractivity contribution in [1.29, 1.82) is 0 Å². The Balaban J connectivity index is 1.54. The fourth-order valence-electron chi connectivity index (χ4n) is 4.72. The molecule has 1 aliphatic rings. The van der Waals surface area contributed by atoms with Crippen molar-refractivity contribution in [3.05, 3.63) is 35.5 Å².